The van der Waals surface area contributed by atoms with Crippen molar-refractivity contribution in [2.24, 2.45) is 0 Å². The van der Waals surface area contributed by atoms with Crippen LogP contribution in [0.2, 0.25) is 5.02 Å². The normalized spacial score (nSPS) is 11.2. The smallest absolute Gasteiger partial charge is 0.343 e. The minimum absolute atomic E-state index is 0.0568. The first-order chi connectivity index (χ1) is 10.2. The Bertz CT molecular complexity index is 795. The van der Waals surface area contributed by atoms with Crippen LogP contribution >= 0.6 is 11.6 Å². The molecule has 0 amide bonds. The molecule has 0 saturated carbocycles. The Hall–Kier alpha value is -1.85. The van der Waals surface area contributed by atoms with Gasteiger partial charge in [-0.25, -0.2) is 13.2 Å². The fourth-order valence-corrected chi connectivity index (χ4v) is 2.80. The Kier molecular flexibility index (Phi) is 4.88. The van der Waals surface area contributed by atoms with Crippen LogP contribution in [0.4, 0.5) is 0 Å². The van der Waals surface area contributed by atoms with Gasteiger partial charge in [-0.3, -0.25) is 0 Å². The van der Waals surface area contributed by atoms with E-state index < -0.39 is 15.8 Å². The highest BCUT2D eigenvalue weighted by molar-refractivity contribution is 7.89. The monoisotopic (exact) mass is 338 g/mol. The highest BCUT2D eigenvalue weighted by Crippen LogP contribution is 2.22. The zero-order chi connectivity index (χ0) is 16.3. The number of ether oxygens (including phenoxy) is 1. The number of benzene rings is 2. The lowest BCUT2D eigenvalue weighted by Crippen LogP contribution is -2.09. The van der Waals surface area contributed by atoms with E-state index in [2.05, 4.69) is 0 Å². The summed E-state index contributed by atoms with van der Waals surface area (Å²) in [7, 11) is -3.10. The van der Waals surface area contributed by atoms with Crippen LogP contribution in [0.1, 0.15) is 21.5 Å². The van der Waals surface area contributed by atoms with Crippen LogP contribution in [0.5, 0.6) is 5.75 Å². The molecule has 0 unspecified atom stereocenters. The maximum atomic E-state index is 12.0. The Morgan fingerprint density at radius 1 is 1.14 bits per heavy atom. The summed E-state index contributed by atoms with van der Waals surface area (Å²) in [4.78, 5) is 12.0. The predicted molar refractivity (Wildman–Crippen MR) is 86.1 cm³/mol. The molecule has 6 heteroatoms. The molecular formula is C16H15ClO4S. The molecule has 0 N–H and O–H groups in total. The molecule has 2 rings (SSSR count). The number of aryl methyl sites for hydroxylation is 1. The number of halogens is 1. The van der Waals surface area contributed by atoms with Crippen molar-refractivity contribution in [3.05, 3.63) is 64.2 Å². The second-order valence-corrected chi connectivity index (χ2v) is 7.61. The number of esters is 1. The molecule has 22 heavy (non-hydrogen) atoms. The number of hydrogen-bond donors (Lipinski definition) is 0. The van der Waals surface area contributed by atoms with E-state index in [1.807, 2.05) is 6.92 Å². The number of carbonyl (C=O) groups excluding carboxylic acids is 1. The molecule has 0 spiro atoms. The number of rotatable bonds is 4. The van der Waals surface area contributed by atoms with Crippen LogP contribution < -0.4 is 4.74 Å². The van der Waals surface area contributed by atoms with Gasteiger partial charge < -0.3 is 4.74 Å². The van der Waals surface area contributed by atoms with Crippen LogP contribution in [0.25, 0.3) is 0 Å². The van der Waals surface area contributed by atoms with Crippen LogP contribution in [0.15, 0.2) is 42.5 Å². The summed E-state index contributed by atoms with van der Waals surface area (Å²) in [6, 6.07) is 11.3. The lowest BCUT2D eigenvalue weighted by molar-refractivity contribution is 0.0734. The molecule has 0 aliphatic rings. The summed E-state index contributed by atoms with van der Waals surface area (Å²) in [6.45, 7) is 1.82. The summed E-state index contributed by atoms with van der Waals surface area (Å²) >= 11 is 5.91. The van der Waals surface area contributed by atoms with Gasteiger partial charge >= 0.3 is 5.97 Å². The quantitative estimate of drug-likeness (QED) is 0.633. The lowest BCUT2D eigenvalue weighted by atomic mass is 10.1. The Balaban J connectivity index is 2.11. The van der Waals surface area contributed by atoms with Crippen molar-refractivity contribution in [2.75, 3.05) is 6.26 Å². The molecule has 0 aliphatic heterocycles. The third kappa shape index (κ3) is 4.58. The molecule has 0 aliphatic carbocycles. The summed E-state index contributed by atoms with van der Waals surface area (Å²) in [5.74, 6) is -0.154. The molecular weight excluding hydrogens is 324 g/mol. The Morgan fingerprint density at radius 2 is 1.77 bits per heavy atom. The van der Waals surface area contributed by atoms with Gasteiger partial charge in [0, 0.05) is 11.3 Å². The average molecular weight is 339 g/mol. The van der Waals surface area contributed by atoms with E-state index in [1.54, 1.807) is 42.5 Å². The van der Waals surface area contributed by atoms with Crippen LogP contribution in [0, 0.1) is 6.92 Å². The summed E-state index contributed by atoms with van der Waals surface area (Å²) < 4.78 is 27.7. The maximum absolute atomic E-state index is 12.0. The van der Waals surface area contributed by atoms with Crippen molar-refractivity contribution in [1.82, 2.24) is 0 Å². The van der Waals surface area contributed by atoms with Gasteiger partial charge in [0.25, 0.3) is 0 Å². The second-order valence-electron chi connectivity index (χ2n) is 5.07. The van der Waals surface area contributed by atoms with E-state index in [9.17, 15) is 13.2 Å². The van der Waals surface area contributed by atoms with Gasteiger partial charge in [0.2, 0.25) is 0 Å². The van der Waals surface area contributed by atoms with Crippen molar-refractivity contribution in [3.8, 4) is 5.75 Å². The van der Waals surface area contributed by atoms with Crippen LogP contribution in [-0.4, -0.2) is 20.6 Å². The van der Waals surface area contributed by atoms with Gasteiger partial charge in [-0.15, -0.1) is 0 Å². The molecule has 2 aromatic carbocycles. The minimum Gasteiger partial charge on any atom is -0.423 e. The molecule has 0 aromatic heterocycles. The Morgan fingerprint density at radius 3 is 2.32 bits per heavy atom. The molecule has 0 radical (unpaired) electrons. The lowest BCUT2D eigenvalue weighted by Gasteiger charge is -2.07. The largest absolute Gasteiger partial charge is 0.423 e. The van der Waals surface area contributed by atoms with E-state index in [0.29, 0.717) is 21.9 Å². The molecule has 0 saturated heterocycles. The molecule has 0 bridgehead atoms. The van der Waals surface area contributed by atoms with Crippen molar-refractivity contribution < 1.29 is 17.9 Å². The zero-order valence-corrected chi connectivity index (χ0v) is 13.7. The van der Waals surface area contributed by atoms with Gasteiger partial charge in [-0.05, 0) is 48.4 Å². The SMILES string of the molecule is Cc1cc(OC(=O)c2ccc(CS(C)(=O)=O)cc2)ccc1Cl. The van der Waals surface area contributed by atoms with E-state index in [0.717, 1.165) is 11.8 Å². The average Bonchev–Trinajstić information content (AvgIpc) is 2.42. The van der Waals surface area contributed by atoms with E-state index >= 15 is 0 Å². The summed E-state index contributed by atoms with van der Waals surface area (Å²) in [5, 5.41) is 0.602. The van der Waals surface area contributed by atoms with Gasteiger partial charge in [0.15, 0.2) is 9.84 Å². The molecule has 2 aromatic rings. The minimum atomic E-state index is -3.10. The third-order valence-corrected chi connectivity index (χ3v) is 4.24. The van der Waals surface area contributed by atoms with Gasteiger partial charge in [0.05, 0.1) is 11.3 Å². The van der Waals surface area contributed by atoms with Crippen LogP contribution in [0.3, 0.4) is 0 Å². The van der Waals surface area contributed by atoms with Crippen molar-refractivity contribution in [3.63, 3.8) is 0 Å². The first-order valence-corrected chi connectivity index (χ1v) is 8.93. The van der Waals surface area contributed by atoms with Crippen LogP contribution in [-0.2, 0) is 15.6 Å². The maximum Gasteiger partial charge on any atom is 0.343 e. The third-order valence-electron chi connectivity index (χ3n) is 2.96. The number of hydrogen-bond acceptors (Lipinski definition) is 4. The topological polar surface area (TPSA) is 60.4 Å². The van der Waals surface area contributed by atoms with Gasteiger partial charge in [-0.2, -0.15) is 0 Å². The zero-order valence-electron chi connectivity index (χ0n) is 12.2. The first-order valence-electron chi connectivity index (χ1n) is 6.49. The Labute approximate surface area is 134 Å². The number of carbonyl (C=O) groups is 1. The second kappa shape index (κ2) is 6.50. The molecule has 0 heterocycles. The molecule has 0 atom stereocenters. The standard InChI is InChI=1S/C16H15ClO4S/c1-11-9-14(7-8-15(11)17)21-16(18)13-5-3-12(4-6-13)10-22(2,19)20/h3-9H,10H2,1-2H3. The molecule has 4 nitrogen and oxygen atoms in total. The number of sulfone groups is 1. The van der Waals surface area contributed by atoms with Crippen molar-refractivity contribution >= 4 is 27.4 Å². The first kappa shape index (κ1) is 16.5. The molecule has 116 valence electrons. The summed E-state index contributed by atoms with van der Waals surface area (Å²) in [6.07, 6.45) is 1.16. The van der Waals surface area contributed by atoms with Gasteiger partial charge in [0.1, 0.15) is 5.75 Å². The van der Waals surface area contributed by atoms with E-state index in [1.165, 1.54) is 0 Å². The van der Waals surface area contributed by atoms with Crippen molar-refractivity contribution in [1.29, 1.82) is 0 Å². The highest BCUT2D eigenvalue weighted by Gasteiger charge is 2.11. The molecule has 0 fully saturated rings. The van der Waals surface area contributed by atoms with E-state index in [-0.39, 0.29) is 5.75 Å². The highest BCUT2D eigenvalue weighted by atomic mass is 35.5. The van der Waals surface area contributed by atoms with E-state index in [4.69, 9.17) is 16.3 Å². The summed E-state index contributed by atoms with van der Waals surface area (Å²) in [5.41, 5.74) is 1.79. The fourth-order valence-electron chi connectivity index (χ4n) is 1.89. The predicted octanol–water partition coefficient (Wildman–Crippen LogP) is 3.41. The van der Waals surface area contributed by atoms with Gasteiger partial charge in [-0.1, -0.05) is 23.7 Å². The van der Waals surface area contributed by atoms with Crippen molar-refractivity contribution in [2.45, 2.75) is 12.7 Å². The fraction of sp³-hybridized carbons (Fsp3) is 0.188.